The Kier molecular flexibility index (Phi) is 4.93. The highest BCUT2D eigenvalue weighted by Gasteiger charge is 2.20. The average molecular weight is 332 g/mol. The van der Waals surface area contributed by atoms with Crippen LogP contribution < -0.4 is 4.90 Å². The molecule has 1 fully saturated rings. The Hall–Kier alpha value is -0.250. The third kappa shape index (κ3) is 3.19. The van der Waals surface area contributed by atoms with Crippen molar-refractivity contribution in [2.24, 2.45) is 0 Å². The molecule has 18 heavy (non-hydrogen) atoms. The van der Waals surface area contributed by atoms with E-state index in [1.54, 1.807) is 0 Å². The van der Waals surface area contributed by atoms with Gasteiger partial charge < -0.3 is 9.80 Å². The maximum absolute atomic E-state index is 6.30. The van der Waals surface area contributed by atoms with Gasteiger partial charge in [-0.1, -0.05) is 33.6 Å². The smallest absolute Gasteiger partial charge is 0.0467 e. The minimum atomic E-state index is 0.531. The van der Waals surface area contributed by atoms with Gasteiger partial charge >= 0.3 is 0 Å². The minimum Gasteiger partial charge on any atom is -0.367 e. The number of rotatable bonds is 2. The third-order valence-electron chi connectivity index (χ3n) is 3.56. The van der Waals surface area contributed by atoms with E-state index in [0.29, 0.717) is 6.04 Å². The lowest BCUT2D eigenvalue weighted by molar-refractivity contribution is 0.337. The zero-order valence-electron chi connectivity index (χ0n) is 11.0. The Morgan fingerprint density at radius 1 is 1.39 bits per heavy atom. The fourth-order valence-electron chi connectivity index (χ4n) is 2.58. The van der Waals surface area contributed by atoms with Crippen LogP contribution in [0.25, 0.3) is 0 Å². The van der Waals surface area contributed by atoms with E-state index >= 15 is 0 Å². The van der Waals surface area contributed by atoms with Crippen molar-refractivity contribution in [2.45, 2.75) is 24.7 Å². The van der Waals surface area contributed by atoms with Gasteiger partial charge in [-0.15, -0.1) is 0 Å². The summed E-state index contributed by atoms with van der Waals surface area (Å²) in [5.41, 5.74) is 2.40. The summed E-state index contributed by atoms with van der Waals surface area (Å²) in [6.07, 6.45) is 1.21. The largest absolute Gasteiger partial charge is 0.367 e. The van der Waals surface area contributed by atoms with Gasteiger partial charge in [0.05, 0.1) is 0 Å². The van der Waals surface area contributed by atoms with Crippen LogP contribution in [0.15, 0.2) is 18.2 Å². The van der Waals surface area contributed by atoms with E-state index in [-0.39, 0.29) is 0 Å². The van der Waals surface area contributed by atoms with Crippen LogP contribution in [0.2, 0.25) is 5.02 Å². The van der Waals surface area contributed by atoms with E-state index in [1.807, 2.05) is 0 Å². The van der Waals surface area contributed by atoms with Gasteiger partial charge in [-0.25, -0.2) is 0 Å². The number of hydrogen-bond donors (Lipinski definition) is 0. The van der Waals surface area contributed by atoms with Crippen LogP contribution in [0.5, 0.6) is 0 Å². The van der Waals surface area contributed by atoms with E-state index in [1.165, 1.54) is 18.7 Å². The first-order chi connectivity index (χ1) is 8.61. The van der Waals surface area contributed by atoms with Crippen molar-refractivity contribution < 1.29 is 0 Å². The first-order valence-electron chi connectivity index (χ1n) is 6.41. The summed E-state index contributed by atoms with van der Waals surface area (Å²) >= 11 is 9.76. The highest BCUT2D eigenvalue weighted by molar-refractivity contribution is 9.08. The van der Waals surface area contributed by atoms with Gasteiger partial charge in [0.2, 0.25) is 0 Å². The number of benzene rings is 1. The van der Waals surface area contributed by atoms with Crippen LogP contribution in [0.4, 0.5) is 5.69 Å². The molecule has 1 aliphatic heterocycles. The summed E-state index contributed by atoms with van der Waals surface area (Å²) in [5, 5.41) is 1.67. The number of halogens is 2. The van der Waals surface area contributed by atoms with Gasteiger partial charge in [-0.2, -0.15) is 0 Å². The molecule has 0 bridgehead atoms. The lowest BCUT2D eigenvalue weighted by Gasteiger charge is -2.30. The van der Waals surface area contributed by atoms with Gasteiger partial charge in [-0.3, -0.25) is 0 Å². The zero-order chi connectivity index (χ0) is 13.1. The molecule has 0 aromatic heterocycles. The highest BCUT2D eigenvalue weighted by Crippen LogP contribution is 2.27. The molecular weight excluding hydrogens is 312 g/mol. The van der Waals surface area contributed by atoms with E-state index in [2.05, 4.69) is 57.9 Å². The summed E-state index contributed by atoms with van der Waals surface area (Å²) in [5.74, 6) is 0. The Balaban J connectivity index is 2.21. The second-order valence-electron chi connectivity index (χ2n) is 5.07. The fraction of sp³-hybridized carbons (Fsp3) is 0.571. The maximum atomic E-state index is 6.30. The van der Waals surface area contributed by atoms with Crippen molar-refractivity contribution in [2.75, 3.05) is 31.6 Å². The van der Waals surface area contributed by atoms with E-state index in [4.69, 9.17) is 11.6 Å². The van der Waals surface area contributed by atoms with Crippen molar-refractivity contribution >= 4 is 33.2 Å². The molecule has 1 unspecified atom stereocenters. The predicted octanol–water partition coefficient (Wildman–Crippen LogP) is 3.77. The van der Waals surface area contributed by atoms with E-state index in [0.717, 1.165) is 29.0 Å². The molecule has 0 amide bonds. The molecule has 100 valence electrons. The van der Waals surface area contributed by atoms with E-state index in [9.17, 15) is 0 Å². The average Bonchev–Trinajstić information content (AvgIpc) is 2.50. The second-order valence-corrected chi connectivity index (χ2v) is 6.04. The van der Waals surface area contributed by atoms with Crippen molar-refractivity contribution in [1.29, 1.82) is 0 Å². The topological polar surface area (TPSA) is 6.48 Å². The minimum absolute atomic E-state index is 0.531. The summed E-state index contributed by atoms with van der Waals surface area (Å²) in [4.78, 5) is 4.87. The molecule has 0 spiro atoms. The molecule has 2 nitrogen and oxygen atoms in total. The second kappa shape index (κ2) is 6.27. The SMILES string of the molecule is CC1CN(C)CCCN1c1ccc(CBr)c(Cl)c1. The number of nitrogens with zero attached hydrogens (tertiary/aromatic N) is 2. The summed E-state index contributed by atoms with van der Waals surface area (Å²) in [6.45, 7) is 5.68. The number of anilines is 1. The molecule has 1 atom stereocenters. The Bertz CT molecular complexity index is 411. The first kappa shape index (κ1) is 14.2. The van der Waals surface area contributed by atoms with Crippen LogP contribution >= 0.6 is 27.5 Å². The lowest BCUT2D eigenvalue weighted by Crippen LogP contribution is -2.37. The van der Waals surface area contributed by atoms with Crippen LogP contribution in [0.1, 0.15) is 18.9 Å². The monoisotopic (exact) mass is 330 g/mol. The normalized spacial score (nSPS) is 22.0. The van der Waals surface area contributed by atoms with Crippen molar-refractivity contribution in [1.82, 2.24) is 4.90 Å². The predicted molar refractivity (Wildman–Crippen MR) is 83.0 cm³/mol. The number of alkyl halides is 1. The van der Waals surface area contributed by atoms with Gasteiger partial charge in [0.15, 0.2) is 0 Å². The summed E-state index contributed by atoms with van der Waals surface area (Å²) in [7, 11) is 2.20. The molecule has 4 heteroatoms. The van der Waals surface area contributed by atoms with Crippen molar-refractivity contribution in [3.63, 3.8) is 0 Å². The van der Waals surface area contributed by atoms with Gasteiger partial charge in [0, 0.05) is 35.2 Å². The number of likely N-dealkylation sites (N-methyl/N-ethyl adjacent to an activating group) is 1. The molecule has 0 radical (unpaired) electrons. The highest BCUT2D eigenvalue weighted by atomic mass is 79.9. The van der Waals surface area contributed by atoms with Gasteiger partial charge in [0.25, 0.3) is 0 Å². The van der Waals surface area contributed by atoms with Crippen molar-refractivity contribution in [3.05, 3.63) is 28.8 Å². The third-order valence-corrected chi connectivity index (χ3v) is 4.52. The standard InChI is InChI=1S/C14H20BrClN2/c1-11-10-17(2)6-3-7-18(11)13-5-4-12(9-15)14(16)8-13/h4-5,8,11H,3,6-7,9-10H2,1-2H3. The molecule has 1 saturated heterocycles. The lowest BCUT2D eigenvalue weighted by atomic mass is 10.1. The Morgan fingerprint density at radius 2 is 2.17 bits per heavy atom. The van der Waals surface area contributed by atoms with Crippen LogP contribution in [0.3, 0.4) is 0 Å². The molecule has 1 aromatic carbocycles. The first-order valence-corrected chi connectivity index (χ1v) is 7.91. The molecule has 1 heterocycles. The molecule has 0 saturated carbocycles. The summed E-state index contributed by atoms with van der Waals surface area (Å²) in [6, 6.07) is 6.93. The summed E-state index contributed by atoms with van der Waals surface area (Å²) < 4.78 is 0. The van der Waals surface area contributed by atoms with Gasteiger partial charge in [0.1, 0.15) is 0 Å². The Morgan fingerprint density at radius 3 is 2.83 bits per heavy atom. The van der Waals surface area contributed by atoms with Crippen molar-refractivity contribution in [3.8, 4) is 0 Å². The van der Waals surface area contributed by atoms with Crippen LogP contribution in [0, 0.1) is 0 Å². The quantitative estimate of drug-likeness (QED) is 0.761. The zero-order valence-corrected chi connectivity index (χ0v) is 13.3. The molecule has 1 aliphatic rings. The maximum Gasteiger partial charge on any atom is 0.0467 e. The fourth-order valence-corrected chi connectivity index (χ4v) is 3.47. The molecule has 0 aliphatic carbocycles. The Labute approximate surface area is 123 Å². The van der Waals surface area contributed by atoms with Gasteiger partial charge in [-0.05, 0) is 44.6 Å². The molecule has 1 aromatic rings. The number of hydrogen-bond acceptors (Lipinski definition) is 2. The van der Waals surface area contributed by atoms with E-state index < -0.39 is 0 Å². The molecule has 2 rings (SSSR count). The van der Waals surface area contributed by atoms with Crippen LogP contribution in [-0.4, -0.2) is 37.6 Å². The molecule has 0 N–H and O–H groups in total. The molecular formula is C14H20BrClN2. The van der Waals surface area contributed by atoms with Crippen LogP contribution in [-0.2, 0) is 5.33 Å².